The summed E-state index contributed by atoms with van der Waals surface area (Å²) in [5.41, 5.74) is 34.0. The van der Waals surface area contributed by atoms with Gasteiger partial charge in [0.05, 0.1) is 10.8 Å². The minimum absolute atomic E-state index is 0.347. The van der Waals surface area contributed by atoms with E-state index in [-0.39, 0.29) is 10.8 Å². The molecule has 89 heavy (non-hydrogen) atoms. The highest BCUT2D eigenvalue weighted by Crippen LogP contribution is 2.58. The lowest BCUT2D eigenvalue weighted by Gasteiger charge is -2.34. The molecule has 2 aliphatic rings. The van der Waals surface area contributed by atoms with Crippen molar-refractivity contribution in [3.63, 3.8) is 0 Å². The van der Waals surface area contributed by atoms with Crippen molar-refractivity contribution in [2.75, 3.05) is 5.73 Å². The molecule has 0 heterocycles. The predicted molar refractivity (Wildman–Crippen MR) is 377 cm³/mol. The molecule has 0 fully saturated rings. The second-order valence-electron chi connectivity index (χ2n) is 23.0. The number of fused-ring (bicyclic) bond motifs is 6. The lowest BCUT2D eigenvalue weighted by Crippen LogP contribution is -2.28. The van der Waals surface area contributed by atoms with Crippen LogP contribution in [0.3, 0.4) is 0 Å². The normalized spacial score (nSPS) is 12.6. The van der Waals surface area contributed by atoms with E-state index in [0.717, 1.165) is 16.6 Å². The Morgan fingerprint density at radius 2 is 0.483 bits per heavy atom. The number of benzene rings is 14. The van der Waals surface area contributed by atoms with Crippen LogP contribution in [-0.4, -0.2) is 0 Å². The quantitative estimate of drug-likeness (QED) is 0.136. The Morgan fingerprint density at radius 1 is 0.225 bits per heavy atom. The molecule has 0 aliphatic heterocycles. The molecule has 0 saturated carbocycles. The van der Waals surface area contributed by atoms with Gasteiger partial charge in [0.25, 0.3) is 0 Å². The van der Waals surface area contributed by atoms with E-state index in [9.17, 15) is 0 Å². The maximum atomic E-state index is 5.60. The van der Waals surface area contributed by atoms with E-state index < -0.39 is 0 Å². The van der Waals surface area contributed by atoms with Crippen molar-refractivity contribution >= 4 is 21.6 Å². The van der Waals surface area contributed by atoms with Crippen LogP contribution in [0.1, 0.15) is 55.6 Å². The molecule has 2 heteroatoms. The smallest absolute Gasteiger partial charge is 0.0713 e. The van der Waals surface area contributed by atoms with Gasteiger partial charge in [-0.15, -0.1) is 0 Å². The lowest BCUT2D eigenvalue weighted by molar-refractivity contribution is 0.769. The second kappa shape index (κ2) is 25.0. The monoisotopic (exact) mass is 1200 g/mol. The fourth-order valence-electron chi connectivity index (χ4n) is 13.7. The Morgan fingerprint density at radius 3 is 0.843 bits per heavy atom. The number of nitrogen functional groups attached to an aromatic ring is 1. The van der Waals surface area contributed by atoms with Crippen molar-refractivity contribution in [2.45, 2.75) is 17.3 Å². The Bertz CT molecular complexity index is 4600. The molecule has 16 rings (SSSR count). The van der Waals surface area contributed by atoms with Crippen molar-refractivity contribution in [3.05, 3.63) is 424 Å². The third-order valence-corrected chi connectivity index (χ3v) is 18.4. The van der Waals surface area contributed by atoms with Crippen LogP contribution in [0, 0.1) is 0 Å². The van der Waals surface area contributed by atoms with E-state index >= 15 is 0 Å². The standard InChI is InChI=1S/C44H32.C31H21Br.C12H11N/c1-4-12-34(13-5-1)35-24-20-32(21-25-35)30-33-22-26-36(27-23-33)37-28-29-41-40-18-10-11-19-42(40)44(43(41)31-37,38-14-6-2-7-15-38)39-16-8-3-9-17-39;32-26-18-15-22(16-19-26)23-17-20-28-27-13-7-8-14-29(27)31(30(28)21-23,24-9-3-1-4-10-24)25-11-5-2-6-12-25;13-12-8-6-11(7-9-12)10-4-2-1-3-5-10/h1-29,31H,30H2;1-21H;1-9H,13H2. The molecule has 0 radical (unpaired) electrons. The number of hydrogen-bond donors (Lipinski definition) is 1. The number of hydrogen-bond acceptors (Lipinski definition) is 1. The number of halogens is 1. The maximum Gasteiger partial charge on any atom is 0.0713 e. The van der Waals surface area contributed by atoms with Crippen LogP contribution in [0.5, 0.6) is 0 Å². The largest absolute Gasteiger partial charge is 0.399 e. The average molecular weight is 1200 g/mol. The van der Waals surface area contributed by atoms with E-state index in [1.807, 2.05) is 42.5 Å². The van der Waals surface area contributed by atoms with E-state index in [1.54, 1.807) is 0 Å². The highest BCUT2D eigenvalue weighted by molar-refractivity contribution is 9.10. The Labute approximate surface area is 531 Å². The fraction of sp³-hybridized carbons (Fsp3) is 0.0345. The molecule has 2 N–H and O–H groups in total. The third kappa shape index (κ3) is 10.8. The molecule has 0 saturated heterocycles. The van der Waals surface area contributed by atoms with Crippen LogP contribution in [0.4, 0.5) is 5.69 Å². The van der Waals surface area contributed by atoms with Gasteiger partial charge in [-0.05, 0) is 165 Å². The van der Waals surface area contributed by atoms with Gasteiger partial charge in [-0.3, -0.25) is 0 Å². The summed E-state index contributed by atoms with van der Waals surface area (Å²) in [4.78, 5) is 0. The van der Waals surface area contributed by atoms with Gasteiger partial charge in [0.15, 0.2) is 0 Å². The Kier molecular flexibility index (Phi) is 15.8. The molecule has 0 unspecified atom stereocenters. The lowest BCUT2D eigenvalue weighted by atomic mass is 9.67. The predicted octanol–water partition coefficient (Wildman–Crippen LogP) is 22.4. The van der Waals surface area contributed by atoms with Crippen molar-refractivity contribution in [1.82, 2.24) is 0 Å². The molecule has 0 amide bonds. The summed E-state index contributed by atoms with van der Waals surface area (Å²) in [5, 5.41) is 0. The van der Waals surface area contributed by atoms with Crippen LogP contribution >= 0.6 is 15.9 Å². The van der Waals surface area contributed by atoms with Crippen LogP contribution < -0.4 is 5.73 Å². The summed E-state index contributed by atoms with van der Waals surface area (Å²) in [7, 11) is 0. The summed E-state index contributed by atoms with van der Waals surface area (Å²) < 4.78 is 1.10. The van der Waals surface area contributed by atoms with E-state index in [2.05, 4.69) is 337 Å². The zero-order chi connectivity index (χ0) is 60.0. The molecule has 1 nitrogen and oxygen atoms in total. The summed E-state index contributed by atoms with van der Waals surface area (Å²) in [6.07, 6.45) is 0.917. The molecule has 0 aromatic heterocycles. The summed E-state index contributed by atoms with van der Waals surface area (Å²) in [6, 6.07) is 131. The highest BCUT2D eigenvalue weighted by Gasteiger charge is 2.47. The molecule has 424 valence electrons. The van der Waals surface area contributed by atoms with Crippen LogP contribution in [0.2, 0.25) is 0 Å². The van der Waals surface area contributed by atoms with Crippen molar-refractivity contribution < 1.29 is 0 Å². The molecule has 0 bridgehead atoms. The zero-order valence-corrected chi connectivity index (χ0v) is 50.9. The zero-order valence-electron chi connectivity index (χ0n) is 49.3. The number of nitrogens with two attached hydrogens (primary N) is 1. The van der Waals surface area contributed by atoms with Crippen molar-refractivity contribution in [3.8, 4) is 66.8 Å². The van der Waals surface area contributed by atoms with Gasteiger partial charge in [0.2, 0.25) is 0 Å². The molecular weight excluding hydrogens is 1140 g/mol. The number of anilines is 1. The Balaban J connectivity index is 0.000000134. The van der Waals surface area contributed by atoms with Gasteiger partial charge in [-0.2, -0.15) is 0 Å². The molecular formula is C87H64BrN. The second-order valence-corrected chi connectivity index (χ2v) is 23.9. The Hall–Kier alpha value is -10.6. The van der Waals surface area contributed by atoms with Gasteiger partial charge in [0.1, 0.15) is 0 Å². The molecule has 0 atom stereocenters. The average Bonchev–Trinajstić information content (AvgIpc) is 1.58. The van der Waals surface area contributed by atoms with Gasteiger partial charge >= 0.3 is 0 Å². The fourth-order valence-corrected chi connectivity index (χ4v) is 14.0. The molecule has 0 spiro atoms. The van der Waals surface area contributed by atoms with Gasteiger partial charge < -0.3 is 5.73 Å². The minimum atomic E-state index is -0.379. The van der Waals surface area contributed by atoms with Gasteiger partial charge in [-0.25, -0.2) is 0 Å². The van der Waals surface area contributed by atoms with Gasteiger partial charge in [0, 0.05) is 10.2 Å². The first-order chi connectivity index (χ1) is 43.9. The topological polar surface area (TPSA) is 26.0 Å². The molecule has 14 aromatic rings. The summed E-state index contributed by atoms with van der Waals surface area (Å²) in [5.74, 6) is 0. The number of rotatable bonds is 10. The van der Waals surface area contributed by atoms with Crippen molar-refractivity contribution in [1.29, 1.82) is 0 Å². The van der Waals surface area contributed by atoms with Crippen LogP contribution in [0.15, 0.2) is 368 Å². The summed E-state index contributed by atoms with van der Waals surface area (Å²) >= 11 is 3.57. The van der Waals surface area contributed by atoms with Gasteiger partial charge in [-0.1, -0.05) is 344 Å². The third-order valence-electron chi connectivity index (χ3n) is 17.9. The van der Waals surface area contributed by atoms with E-state index in [0.29, 0.717) is 0 Å². The first kappa shape index (κ1) is 56.2. The SMILES string of the molecule is Brc1ccc(-c2ccc3c(c2)C(c2ccccc2)(c2ccccc2)c2ccccc2-3)cc1.Nc1ccc(-c2ccccc2)cc1.c1ccc(-c2ccc(Cc3ccc(-c4ccc5c(c4)C(c4ccccc4)(c4ccccc4)c4ccccc4-5)cc3)cc2)cc1. The van der Waals surface area contributed by atoms with E-state index in [1.165, 1.54) is 122 Å². The van der Waals surface area contributed by atoms with Crippen LogP contribution in [-0.2, 0) is 17.3 Å². The maximum absolute atomic E-state index is 5.60. The first-order valence-corrected chi connectivity index (χ1v) is 31.4. The van der Waals surface area contributed by atoms with E-state index in [4.69, 9.17) is 5.73 Å². The van der Waals surface area contributed by atoms with Crippen LogP contribution in [0.25, 0.3) is 66.8 Å². The summed E-state index contributed by atoms with van der Waals surface area (Å²) in [6.45, 7) is 0. The molecule has 14 aromatic carbocycles. The minimum Gasteiger partial charge on any atom is -0.399 e. The molecule has 2 aliphatic carbocycles. The first-order valence-electron chi connectivity index (χ1n) is 30.6. The highest BCUT2D eigenvalue weighted by atomic mass is 79.9. The van der Waals surface area contributed by atoms with Crippen molar-refractivity contribution in [2.24, 2.45) is 0 Å².